The van der Waals surface area contributed by atoms with Gasteiger partial charge in [0.1, 0.15) is 34.3 Å². The number of fused-ring (bicyclic) bond motifs is 3. The third-order valence-corrected chi connectivity index (χ3v) is 12.7. The smallest absolute Gasteiger partial charge is 0.303 e. The van der Waals surface area contributed by atoms with Gasteiger partial charge in [0.05, 0.1) is 39.5 Å². The molecule has 0 saturated heterocycles. The van der Waals surface area contributed by atoms with E-state index in [1.54, 1.807) is 83.3 Å². The molecule has 72 heavy (non-hydrogen) atoms. The third-order valence-electron chi connectivity index (χ3n) is 12.7. The molecule has 0 bridgehead atoms. The molecule has 376 valence electrons. The number of benzene rings is 6. The zero-order chi connectivity index (χ0) is 56.6. The fourth-order valence-corrected chi connectivity index (χ4v) is 9.40. The highest BCUT2D eigenvalue weighted by Gasteiger charge is 2.44. The summed E-state index contributed by atoms with van der Waals surface area (Å²) in [7, 11) is 1.93. The quantitative estimate of drug-likeness (QED) is 0.0456. The van der Waals surface area contributed by atoms with Gasteiger partial charge in [0.2, 0.25) is 0 Å². The second-order valence-corrected chi connectivity index (χ2v) is 16.7. The number of alkyl halides is 2. The van der Waals surface area contributed by atoms with Crippen LogP contribution in [0.4, 0.5) is 30.2 Å². The van der Waals surface area contributed by atoms with Gasteiger partial charge in [0.15, 0.2) is 17.1 Å². The molecule has 0 amide bonds. The number of hydrogen-bond donors (Lipinski definition) is 3. The molecule has 15 heteroatoms. The van der Waals surface area contributed by atoms with Gasteiger partial charge in [-0.15, -0.1) is 0 Å². The number of nitrogens with two attached hydrogens (primary N) is 1. The molecule has 0 radical (unpaired) electrons. The summed E-state index contributed by atoms with van der Waals surface area (Å²) in [6.07, 6.45) is 3.47. The second kappa shape index (κ2) is 27.4. The molecular formula is C57H58F3I2N5O5. The van der Waals surface area contributed by atoms with Gasteiger partial charge >= 0.3 is 5.97 Å². The van der Waals surface area contributed by atoms with E-state index in [9.17, 15) is 18.0 Å². The monoisotopic (exact) mass is 1210 g/mol. The van der Waals surface area contributed by atoms with Crippen molar-refractivity contribution in [3.63, 3.8) is 0 Å². The van der Waals surface area contributed by atoms with Crippen molar-refractivity contribution in [1.82, 2.24) is 5.32 Å². The number of carbonyl (C=O) groups is 1. The Morgan fingerprint density at radius 2 is 1.00 bits per heavy atom. The highest BCUT2D eigenvalue weighted by molar-refractivity contribution is 14.1. The molecule has 4 unspecified atom stereocenters. The highest BCUT2D eigenvalue weighted by atomic mass is 127. The van der Waals surface area contributed by atoms with E-state index in [1.165, 1.54) is 36.4 Å². The summed E-state index contributed by atoms with van der Waals surface area (Å²) in [6.45, 7) is 24.1. The SMILES string of the molecule is [2H]C([3H])I.[2H][2H].[3H]CI.[C-]#[N+]c1ccc2c(c1)COC2(CCC(=O)O)c1ccc(F)cc1.[C-]#[N+]c1ccc2c(c1)COC2(CCCN)c1ccc(F)cc1.[C-]#[N+]c1ccc2c(c1)COC2(CCCNC)c1ccc(F)cc1. The minimum absolute atomic E-state index is 0.0681. The van der Waals surface area contributed by atoms with Crippen molar-refractivity contribution >= 4 is 68.2 Å². The minimum atomic E-state index is -0.915. The summed E-state index contributed by atoms with van der Waals surface area (Å²) < 4.78 is 86.9. The van der Waals surface area contributed by atoms with Crippen molar-refractivity contribution < 1.29 is 44.4 Å². The van der Waals surface area contributed by atoms with Crippen LogP contribution < -0.4 is 11.1 Å². The predicted molar refractivity (Wildman–Crippen MR) is 294 cm³/mol. The Balaban J connectivity index is 0.000000231. The molecule has 3 aliphatic heterocycles. The Morgan fingerprint density at radius 3 is 1.29 bits per heavy atom. The minimum Gasteiger partial charge on any atom is -0.481 e. The second-order valence-electron chi connectivity index (χ2n) is 16.7. The third kappa shape index (κ3) is 13.1. The molecule has 6 aromatic carbocycles. The van der Waals surface area contributed by atoms with Gasteiger partial charge < -0.3 is 30.4 Å². The molecular weight excluding hydrogens is 1150 g/mol. The predicted octanol–water partition coefficient (Wildman–Crippen LogP) is 14.4. The first-order valence-corrected chi connectivity index (χ1v) is 25.5. The molecule has 6 aromatic rings. The molecule has 0 spiro atoms. The summed E-state index contributed by atoms with van der Waals surface area (Å²) >= 11 is 3.63. The topological polar surface area (TPSA) is 116 Å². The van der Waals surface area contributed by atoms with E-state index in [-0.39, 0.29) is 30.3 Å². The van der Waals surface area contributed by atoms with Gasteiger partial charge in [-0.2, -0.15) is 0 Å². The normalized spacial score (nSPS) is 19.6. The zero-order valence-electron chi connectivity index (χ0n) is 44.6. The number of nitrogens with one attached hydrogen (secondary N) is 1. The lowest BCUT2D eigenvalue weighted by molar-refractivity contribution is -0.138. The Labute approximate surface area is 455 Å². The van der Waals surface area contributed by atoms with Crippen LogP contribution in [-0.2, 0) is 55.6 Å². The Kier molecular flexibility index (Phi) is 19.5. The summed E-state index contributed by atoms with van der Waals surface area (Å²) in [5, 5.41) is 12.2. The van der Waals surface area contributed by atoms with E-state index in [4.69, 9.17) is 51.8 Å². The van der Waals surface area contributed by atoms with E-state index >= 15 is 0 Å². The van der Waals surface area contributed by atoms with Gasteiger partial charge in [-0.3, -0.25) is 4.79 Å². The fraction of sp³-hybridized carbons (Fsp3) is 0.298. The summed E-state index contributed by atoms with van der Waals surface area (Å²) in [4.78, 5) is 21.2. The van der Waals surface area contributed by atoms with E-state index in [0.29, 0.717) is 48.3 Å². The first-order chi connectivity index (χ1) is 37.1. The summed E-state index contributed by atoms with van der Waals surface area (Å²) in [6, 6.07) is 35.5. The number of aliphatic carboxylic acids is 1. The molecule has 4 atom stereocenters. The van der Waals surface area contributed by atoms with E-state index in [1.807, 2.05) is 60.0 Å². The van der Waals surface area contributed by atoms with Crippen LogP contribution in [0.5, 0.6) is 0 Å². The van der Waals surface area contributed by atoms with E-state index < -0.39 is 27.7 Å². The Hall–Kier alpha value is -5.69. The average Bonchev–Trinajstić information content (AvgIpc) is 4.19. The van der Waals surface area contributed by atoms with Crippen molar-refractivity contribution in [2.45, 2.75) is 75.1 Å². The average molecular weight is 1210 g/mol. The van der Waals surface area contributed by atoms with Gasteiger partial charge in [-0.05, 0) is 148 Å². The van der Waals surface area contributed by atoms with Crippen molar-refractivity contribution in [3.8, 4) is 0 Å². The molecule has 9 rings (SSSR count). The van der Waals surface area contributed by atoms with Crippen LogP contribution in [0.3, 0.4) is 0 Å². The lowest BCUT2D eigenvalue weighted by atomic mass is 9.82. The molecule has 0 fully saturated rings. The van der Waals surface area contributed by atoms with Crippen LogP contribution >= 0.6 is 45.2 Å². The van der Waals surface area contributed by atoms with Gasteiger partial charge in [-0.1, -0.05) is 136 Å². The summed E-state index contributed by atoms with van der Waals surface area (Å²) in [5.41, 5.74) is 13.9. The van der Waals surface area contributed by atoms with Crippen molar-refractivity contribution in [3.05, 3.63) is 229 Å². The van der Waals surface area contributed by atoms with E-state index in [2.05, 4.69) is 19.9 Å². The molecule has 0 saturated carbocycles. The number of carboxylic acids is 1. The summed E-state index contributed by atoms with van der Waals surface area (Å²) in [5.74, 6) is -1.79. The van der Waals surface area contributed by atoms with Gasteiger partial charge in [0, 0.05) is 13.5 Å². The molecule has 10 nitrogen and oxygen atoms in total. The molecule has 4 N–H and O–H groups in total. The number of ether oxygens (including phenoxy) is 3. The van der Waals surface area contributed by atoms with Crippen LogP contribution in [0.25, 0.3) is 14.5 Å². The first-order valence-electron chi connectivity index (χ1n) is 25.6. The maximum absolute atomic E-state index is 13.3. The number of hydrogen-bond acceptors (Lipinski definition) is 6. The maximum atomic E-state index is 13.3. The fourth-order valence-electron chi connectivity index (χ4n) is 9.40. The molecule has 0 aliphatic carbocycles. The Morgan fingerprint density at radius 1 is 0.681 bits per heavy atom. The first kappa shape index (κ1) is 51.2. The zero-order valence-corrected chi connectivity index (χ0v) is 43.9. The Bertz CT molecular complexity index is 2980. The van der Waals surface area contributed by atoms with Crippen molar-refractivity contribution in [2.24, 2.45) is 5.73 Å². The maximum Gasteiger partial charge on any atom is 0.303 e. The van der Waals surface area contributed by atoms with Crippen molar-refractivity contribution in [2.75, 3.05) is 29.9 Å². The molecule has 0 aromatic heterocycles. The number of carboxylic acid groups (broad SMARTS) is 1. The number of nitrogens with zero attached hydrogens (tertiary/aromatic N) is 3. The number of rotatable bonds is 13. The van der Waals surface area contributed by atoms with Crippen LogP contribution in [-0.4, -0.2) is 41.0 Å². The van der Waals surface area contributed by atoms with Crippen LogP contribution in [0, 0.1) is 37.2 Å². The van der Waals surface area contributed by atoms with E-state index in [0.717, 1.165) is 82.3 Å². The lowest BCUT2D eigenvalue weighted by Gasteiger charge is -2.30. The molecule has 3 heterocycles. The van der Waals surface area contributed by atoms with Gasteiger partial charge in [0.25, 0.3) is 0 Å². The highest BCUT2D eigenvalue weighted by Crippen LogP contribution is 2.49. The number of halogens is 5. The largest absolute Gasteiger partial charge is 0.481 e. The van der Waals surface area contributed by atoms with Gasteiger partial charge in [-0.25, -0.2) is 27.7 Å². The molecule has 3 aliphatic rings. The lowest BCUT2D eigenvalue weighted by Crippen LogP contribution is -2.28. The van der Waals surface area contributed by atoms with Crippen molar-refractivity contribution in [1.29, 1.82) is 0 Å². The van der Waals surface area contributed by atoms with Crippen LogP contribution in [0.2, 0.25) is 0 Å². The van der Waals surface area contributed by atoms with Crippen LogP contribution in [0.1, 0.15) is 95.7 Å². The standard InChI is InChI=1S/C19H19FN2O.C18H17FN2O.C18H14FNO3.2CH3I.H2/c1-21-11-3-10-19(15-4-6-16(20)7-5-15)18-9-8-17(22-2)12-14(18)13-23-19;1-21-16-7-8-17-13(11-16)12-22-18(17,9-2-10-20)14-3-5-15(19)6-4-14;1-20-15-6-7-16-12(10-15)11-23-18(16,9-8-17(21)22)13-2-4-14(19)5-3-13;2*1-2;/h4-9,12,21H,3,10-11,13H2,1H3;3-8,11H,2,9-10,12,20H2;2-7,10H,8-9,11H2,(H,21,22);2*1H3;1H/i;;;1TD;1T;1+1D. The van der Waals surface area contributed by atoms with Crippen LogP contribution in [0.15, 0.2) is 127 Å².